The van der Waals surface area contributed by atoms with Gasteiger partial charge in [0.15, 0.2) is 11.6 Å². The first kappa shape index (κ1) is 19.8. The van der Waals surface area contributed by atoms with Crippen LogP contribution in [0, 0.1) is 5.82 Å². The summed E-state index contributed by atoms with van der Waals surface area (Å²) in [6.45, 7) is 3.50. The Kier molecular flexibility index (Phi) is 5.82. The first-order valence-corrected chi connectivity index (χ1v) is 10.1. The van der Waals surface area contributed by atoms with Gasteiger partial charge in [0.2, 0.25) is 0 Å². The van der Waals surface area contributed by atoms with Crippen molar-refractivity contribution in [3.8, 4) is 5.75 Å². The molecule has 0 radical (unpaired) electrons. The average Bonchev–Trinajstić information content (AvgIpc) is 3.15. The Morgan fingerprint density at radius 2 is 2.10 bits per heavy atom. The normalized spacial score (nSPS) is 22.8. The number of aliphatic hydroxyl groups excluding tert-OH is 1. The molecule has 0 bridgehead atoms. The number of hydrogen-bond acceptors (Lipinski definition) is 6. The highest BCUT2D eigenvalue weighted by atomic mass is 19.1. The number of anilines is 1. The van der Waals surface area contributed by atoms with Crippen LogP contribution in [-0.4, -0.2) is 59.2 Å². The van der Waals surface area contributed by atoms with E-state index in [1.54, 1.807) is 23.0 Å². The zero-order valence-corrected chi connectivity index (χ0v) is 16.6. The van der Waals surface area contributed by atoms with Crippen molar-refractivity contribution in [3.05, 3.63) is 52.2 Å². The maximum absolute atomic E-state index is 14.0. The smallest absolute Gasteiger partial charge is 0.269 e. The average molecular weight is 402 g/mol. The van der Waals surface area contributed by atoms with E-state index >= 15 is 0 Å². The number of aromatic nitrogens is 2. The lowest BCUT2D eigenvalue weighted by Gasteiger charge is -2.33. The number of piperidine rings is 1. The molecule has 2 aliphatic rings. The molecule has 0 amide bonds. The second-order valence-corrected chi connectivity index (χ2v) is 7.89. The van der Waals surface area contributed by atoms with Crippen LogP contribution in [0.1, 0.15) is 30.9 Å². The minimum atomic E-state index is -0.362. The standard InChI is InChI=1S/C21H27FN4O3/c1-29-20-5-4-15(9-19(20)22)12-24-7-2-3-16(13-24)26-21(28)10-17(11-23-26)25-8-6-18(27)14-25/h4-5,9-11,16,18,27H,2-3,6-8,12-14H2,1H3/t16-,18+/m1/s1. The monoisotopic (exact) mass is 402 g/mol. The van der Waals surface area contributed by atoms with Gasteiger partial charge in [-0.15, -0.1) is 0 Å². The molecule has 0 aliphatic carbocycles. The predicted octanol–water partition coefficient (Wildman–Crippen LogP) is 1.80. The number of halogens is 1. The summed E-state index contributed by atoms with van der Waals surface area (Å²) < 4.78 is 20.5. The van der Waals surface area contributed by atoms with Crippen molar-refractivity contribution < 1.29 is 14.2 Å². The van der Waals surface area contributed by atoms with E-state index in [0.29, 0.717) is 26.1 Å². The summed E-state index contributed by atoms with van der Waals surface area (Å²) in [4.78, 5) is 16.9. The van der Waals surface area contributed by atoms with Gasteiger partial charge in [-0.25, -0.2) is 9.07 Å². The fourth-order valence-corrected chi connectivity index (χ4v) is 4.27. The number of likely N-dealkylation sites (tertiary alicyclic amines) is 1. The molecule has 0 unspecified atom stereocenters. The third kappa shape index (κ3) is 4.43. The van der Waals surface area contributed by atoms with Gasteiger partial charge in [0.1, 0.15) is 0 Å². The molecule has 1 N–H and O–H groups in total. The Morgan fingerprint density at radius 1 is 1.24 bits per heavy atom. The molecule has 8 heteroatoms. The summed E-state index contributed by atoms with van der Waals surface area (Å²) in [7, 11) is 1.45. The molecule has 1 aromatic carbocycles. The molecule has 0 saturated carbocycles. The number of hydrogen-bond donors (Lipinski definition) is 1. The van der Waals surface area contributed by atoms with E-state index in [1.807, 2.05) is 11.0 Å². The van der Waals surface area contributed by atoms with E-state index in [9.17, 15) is 14.3 Å². The van der Waals surface area contributed by atoms with Crippen LogP contribution in [-0.2, 0) is 6.54 Å². The zero-order valence-electron chi connectivity index (χ0n) is 16.6. The van der Waals surface area contributed by atoms with Gasteiger partial charge >= 0.3 is 0 Å². The summed E-state index contributed by atoms with van der Waals surface area (Å²) in [5.41, 5.74) is 1.53. The highest BCUT2D eigenvalue weighted by Gasteiger charge is 2.25. The third-order valence-corrected chi connectivity index (χ3v) is 5.79. The predicted molar refractivity (Wildman–Crippen MR) is 108 cm³/mol. The van der Waals surface area contributed by atoms with Crippen LogP contribution in [0.5, 0.6) is 5.75 Å². The second-order valence-electron chi connectivity index (χ2n) is 7.89. The third-order valence-electron chi connectivity index (χ3n) is 5.79. The minimum absolute atomic E-state index is 0.00226. The van der Waals surface area contributed by atoms with Crippen LogP contribution in [0.2, 0.25) is 0 Å². The molecule has 29 heavy (non-hydrogen) atoms. The van der Waals surface area contributed by atoms with Gasteiger partial charge in [0.05, 0.1) is 31.1 Å². The lowest BCUT2D eigenvalue weighted by atomic mass is 10.0. The van der Waals surface area contributed by atoms with Crippen LogP contribution < -0.4 is 15.2 Å². The highest BCUT2D eigenvalue weighted by Crippen LogP contribution is 2.24. The molecule has 1 aromatic heterocycles. The Morgan fingerprint density at radius 3 is 2.79 bits per heavy atom. The molecule has 2 fully saturated rings. The SMILES string of the molecule is COc1ccc(CN2CCC[C@@H](n3ncc(N4CC[C@H](O)C4)cc3=O)C2)cc1F. The van der Waals surface area contributed by atoms with Crippen LogP contribution in [0.3, 0.4) is 0 Å². The lowest BCUT2D eigenvalue weighted by Crippen LogP contribution is -2.40. The van der Waals surface area contributed by atoms with Crippen LogP contribution in [0.4, 0.5) is 10.1 Å². The zero-order chi connectivity index (χ0) is 20.4. The van der Waals surface area contributed by atoms with Gasteiger partial charge in [-0.3, -0.25) is 9.69 Å². The number of ether oxygens (including phenoxy) is 1. The van der Waals surface area contributed by atoms with E-state index in [0.717, 1.165) is 37.2 Å². The van der Waals surface area contributed by atoms with E-state index in [-0.39, 0.29) is 29.3 Å². The van der Waals surface area contributed by atoms with Crippen molar-refractivity contribution in [2.24, 2.45) is 0 Å². The van der Waals surface area contributed by atoms with Gasteiger partial charge in [-0.2, -0.15) is 5.10 Å². The second kappa shape index (κ2) is 8.51. The summed E-state index contributed by atoms with van der Waals surface area (Å²) in [6.07, 6.45) is 3.94. The number of aliphatic hydroxyl groups is 1. The first-order chi connectivity index (χ1) is 14.0. The Balaban J connectivity index is 1.44. The van der Waals surface area contributed by atoms with Crippen molar-refractivity contribution in [1.29, 1.82) is 0 Å². The molecule has 2 aliphatic heterocycles. The number of nitrogens with zero attached hydrogens (tertiary/aromatic N) is 4. The van der Waals surface area contributed by atoms with E-state index in [4.69, 9.17) is 4.74 Å². The molecular formula is C21H27FN4O3. The van der Waals surface area contributed by atoms with E-state index < -0.39 is 0 Å². The molecule has 7 nitrogen and oxygen atoms in total. The maximum Gasteiger partial charge on any atom is 0.269 e. The lowest BCUT2D eigenvalue weighted by molar-refractivity contribution is 0.160. The quantitative estimate of drug-likeness (QED) is 0.823. The molecule has 3 heterocycles. The number of rotatable bonds is 5. The maximum atomic E-state index is 14.0. The summed E-state index contributed by atoms with van der Waals surface area (Å²) in [6, 6.07) is 6.63. The molecule has 2 saturated heterocycles. The minimum Gasteiger partial charge on any atom is -0.494 e. The fourth-order valence-electron chi connectivity index (χ4n) is 4.27. The van der Waals surface area contributed by atoms with Gasteiger partial charge in [0.25, 0.3) is 5.56 Å². The fraction of sp³-hybridized carbons (Fsp3) is 0.524. The van der Waals surface area contributed by atoms with E-state index in [2.05, 4.69) is 10.00 Å². The Bertz CT molecular complexity index is 919. The van der Waals surface area contributed by atoms with Crippen molar-refractivity contribution in [3.63, 3.8) is 0 Å². The summed E-state index contributed by atoms with van der Waals surface area (Å²) in [5, 5.41) is 14.1. The molecular weight excluding hydrogens is 375 g/mol. The summed E-state index contributed by atoms with van der Waals surface area (Å²) in [5.74, 6) is -0.120. The van der Waals surface area contributed by atoms with Gasteiger partial charge in [0, 0.05) is 32.2 Å². The van der Waals surface area contributed by atoms with Gasteiger partial charge < -0.3 is 14.7 Å². The Hall–Kier alpha value is -2.45. The van der Waals surface area contributed by atoms with Crippen LogP contribution in [0.25, 0.3) is 0 Å². The number of β-amino-alcohol motifs (C(OH)–C–C–N with tert-alkyl or cyclic N) is 1. The number of benzene rings is 1. The van der Waals surface area contributed by atoms with Crippen molar-refractivity contribution in [2.45, 2.75) is 38.0 Å². The Labute approximate surface area is 169 Å². The molecule has 2 aromatic rings. The van der Waals surface area contributed by atoms with Crippen molar-refractivity contribution in [1.82, 2.24) is 14.7 Å². The van der Waals surface area contributed by atoms with Gasteiger partial charge in [-0.1, -0.05) is 6.07 Å². The molecule has 0 spiro atoms. The first-order valence-electron chi connectivity index (χ1n) is 10.1. The largest absolute Gasteiger partial charge is 0.494 e. The number of methoxy groups -OCH3 is 1. The topological polar surface area (TPSA) is 70.8 Å². The van der Waals surface area contributed by atoms with Crippen LogP contribution >= 0.6 is 0 Å². The van der Waals surface area contributed by atoms with Crippen molar-refractivity contribution >= 4 is 5.69 Å². The molecule has 4 rings (SSSR count). The van der Waals surface area contributed by atoms with Crippen LogP contribution in [0.15, 0.2) is 35.3 Å². The highest BCUT2D eigenvalue weighted by molar-refractivity contribution is 5.44. The van der Waals surface area contributed by atoms with Gasteiger partial charge in [-0.05, 0) is 43.5 Å². The van der Waals surface area contributed by atoms with Crippen molar-refractivity contribution in [2.75, 3.05) is 38.2 Å². The molecule has 156 valence electrons. The van der Waals surface area contributed by atoms with E-state index in [1.165, 1.54) is 13.2 Å². The molecule has 2 atom stereocenters. The summed E-state index contributed by atoms with van der Waals surface area (Å²) >= 11 is 0.